The normalized spacial score (nSPS) is 10.2. The smallest absolute Gasteiger partial charge is 0.237 e. The van der Waals surface area contributed by atoms with E-state index in [2.05, 4.69) is 21.7 Å². The number of methoxy groups -OCH3 is 2. The zero-order chi connectivity index (χ0) is 15.5. The molecule has 1 rings (SSSR count). The summed E-state index contributed by atoms with van der Waals surface area (Å²) in [5.41, 5.74) is 1.59. The number of ether oxygens (including phenoxy) is 2. The van der Waals surface area contributed by atoms with E-state index in [-0.39, 0.29) is 0 Å². The van der Waals surface area contributed by atoms with Crippen molar-refractivity contribution < 1.29 is 14.5 Å². The Morgan fingerprint density at radius 3 is 2.33 bits per heavy atom. The highest BCUT2D eigenvalue weighted by atomic mass is 16.5. The van der Waals surface area contributed by atoms with Gasteiger partial charge in [-0.1, -0.05) is 0 Å². The summed E-state index contributed by atoms with van der Waals surface area (Å²) >= 11 is 0. The lowest BCUT2D eigenvalue weighted by molar-refractivity contribution is -0.344. The number of nitrogens with zero attached hydrogens (tertiary/aromatic N) is 1. The van der Waals surface area contributed by atoms with Gasteiger partial charge in [0.2, 0.25) is 11.6 Å². The van der Waals surface area contributed by atoms with E-state index in [0.29, 0.717) is 12.2 Å². The van der Waals surface area contributed by atoms with E-state index in [1.807, 2.05) is 13.0 Å². The van der Waals surface area contributed by atoms with Gasteiger partial charge in [0.05, 0.1) is 13.1 Å². The Bertz CT molecular complexity index is 471. The molecule has 0 unspecified atom stereocenters. The van der Waals surface area contributed by atoms with Gasteiger partial charge in [0.25, 0.3) is 0 Å². The largest absolute Gasteiger partial charge is 0.385 e. The van der Waals surface area contributed by atoms with E-state index >= 15 is 0 Å². The van der Waals surface area contributed by atoms with E-state index in [1.54, 1.807) is 14.2 Å². The van der Waals surface area contributed by atoms with Crippen LogP contribution in [0.4, 0.5) is 11.6 Å². The first-order valence-corrected chi connectivity index (χ1v) is 7.15. The van der Waals surface area contributed by atoms with Crippen LogP contribution in [0.1, 0.15) is 24.0 Å². The topological polar surface area (TPSA) is 80.5 Å². The van der Waals surface area contributed by atoms with Crippen molar-refractivity contribution >= 4 is 11.6 Å². The zero-order valence-electron chi connectivity index (χ0n) is 13.1. The number of hydrogen-bond acceptors (Lipinski definition) is 5. The number of aryl methyl sites for hydroxylation is 1. The highest BCUT2D eigenvalue weighted by Crippen LogP contribution is 2.16. The van der Waals surface area contributed by atoms with Crippen molar-refractivity contribution in [3.05, 3.63) is 17.2 Å². The lowest BCUT2D eigenvalue weighted by Crippen LogP contribution is -2.22. The molecule has 6 nitrogen and oxygen atoms in total. The third kappa shape index (κ3) is 5.98. The molecule has 0 aliphatic rings. The lowest BCUT2D eigenvalue weighted by atomic mass is 10.1. The quantitative estimate of drug-likeness (QED) is 0.640. The Morgan fingerprint density at radius 2 is 1.76 bits per heavy atom. The predicted molar refractivity (Wildman–Crippen MR) is 82.4 cm³/mol. The van der Waals surface area contributed by atoms with Crippen molar-refractivity contribution in [1.82, 2.24) is 0 Å². The van der Waals surface area contributed by atoms with Gasteiger partial charge in [-0.3, -0.25) is 0 Å². The maximum atomic E-state index is 9.27. The molecule has 0 aliphatic heterocycles. The standard InChI is InChI=1S/C15H24N4O2/c1-12-10-14(17-6-4-8-20-2)19-15(13(12)11-16)18-7-5-9-21-3/h10H,4-9H2,1-3H3,(H2,17,18,19)/p+1. The summed E-state index contributed by atoms with van der Waals surface area (Å²) in [5, 5.41) is 15.8. The summed E-state index contributed by atoms with van der Waals surface area (Å²) in [4.78, 5) is 3.23. The molecule has 0 radical (unpaired) electrons. The Morgan fingerprint density at radius 1 is 1.14 bits per heavy atom. The second-order valence-electron chi connectivity index (χ2n) is 4.77. The van der Waals surface area contributed by atoms with Crippen LogP contribution in [0, 0.1) is 18.3 Å². The van der Waals surface area contributed by atoms with Gasteiger partial charge in [-0.15, -0.1) is 0 Å². The van der Waals surface area contributed by atoms with Crippen LogP contribution >= 0.6 is 0 Å². The van der Waals surface area contributed by atoms with Gasteiger partial charge in [-0.25, -0.2) is 4.98 Å². The van der Waals surface area contributed by atoms with Gasteiger partial charge in [0.15, 0.2) is 0 Å². The SMILES string of the molecule is COCCCNc1cc(C)c(C#N)c(NCCCOC)[nH+]1. The molecule has 0 aliphatic carbocycles. The van der Waals surface area contributed by atoms with Crippen LogP contribution < -0.4 is 15.6 Å². The summed E-state index contributed by atoms with van der Waals surface area (Å²) in [6.45, 7) is 4.94. The Balaban J connectivity index is 2.69. The van der Waals surface area contributed by atoms with E-state index in [0.717, 1.165) is 49.7 Å². The third-order valence-electron chi connectivity index (χ3n) is 3.04. The predicted octanol–water partition coefficient (Wildman–Crippen LogP) is 1.58. The van der Waals surface area contributed by atoms with Crippen molar-refractivity contribution in [2.24, 2.45) is 0 Å². The first-order valence-electron chi connectivity index (χ1n) is 7.15. The number of rotatable bonds is 10. The number of nitriles is 1. The highest BCUT2D eigenvalue weighted by Gasteiger charge is 2.13. The summed E-state index contributed by atoms with van der Waals surface area (Å²) < 4.78 is 10.0. The van der Waals surface area contributed by atoms with Crippen LogP contribution in [0.5, 0.6) is 0 Å². The van der Waals surface area contributed by atoms with E-state index in [4.69, 9.17) is 9.47 Å². The van der Waals surface area contributed by atoms with E-state index < -0.39 is 0 Å². The first-order chi connectivity index (χ1) is 10.2. The van der Waals surface area contributed by atoms with Crippen LogP contribution in [-0.2, 0) is 9.47 Å². The van der Waals surface area contributed by atoms with Crippen LogP contribution in [-0.4, -0.2) is 40.5 Å². The minimum absolute atomic E-state index is 0.648. The van der Waals surface area contributed by atoms with E-state index in [1.165, 1.54) is 0 Å². The maximum Gasteiger partial charge on any atom is 0.237 e. The molecule has 21 heavy (non-hydrogen) atoms. The Labute approximate surface area is 126 Å². The molecule has 0 amide bonds. The van der Waals surface area contributed by atoms with Crippen LogP contribution in [0.2, 0.25) is 0 Å². The summed E-state index contributed by atoms with van der Waals surface area (Å²) in [6, 6.07) is 4.19. The highest BCUT2D eigenvalue weighted by molar-refractivity contribution is 5.55. The molecule has 1 heterocycles. The number of hydrogen-bond donors (Lipinski definition) is 2. The lowest BCUT2D eigenvalue weighted by Gasteiger charge is -2.08. The molecule has 1 aromatic heterocycles. The van der Waals surface area contributed by atoms with Gasteiger partial charge < -0.3 is 20.1 Å². The minimum atomic E-state index is 0.648. The summed E-state index contributed by atoms with van der Waals surface area (Å²) in [5.74, 6) is 1.65. The number of anilines is 2. The second-order valence-corrected chi connectivity index (χ2v) is 4.77. The number of aromatic amines is 1. The fourth-order valence-electron chi connectivity index (χ4n) is 1.96. The molecule has 0 bridgehead atoms. The van der Waals surface area contributed by atoms with Crippen molar-refractivity contribution in [2.45, 2.75) is 19.8 Å². The van der Waals surface area contributed by atoms with Crippen molar-refractivity contribution in [3.63, 3.8) is 0 Å². The molecule has 0 saturated heterocycles. The minimum Gasteiger partial charge on any atom is -0.385 e. The molecule has 0 atom stereocenters. The number of H-pyrrole nitrogens is 1. The molecule has 6 heteroatoms. The zero-order valence-corrected chi connectivity index (χ0v) is 13.1. The first kappa shape index (κ1) is 17.2. The molecule has 116 valence electrons. The third-order valence-corrected chi connectivity index (χ3v) is 3.04. The van der Waals surface area contributed by atoms with Crippen molar-refractivity contribution in [1.29, 1.82) is 5.26 Å². The molecule has 0 aromatic carbocycles. The molecule has 0 saturated carbocycles. The maximum absolute atomic E-state index is 9.27. The Kier molecular flexibility index (Phi) is 8.17. The van der Waals surface area contributed by atoms with Gasteiger partial charge >= 0.3 is 0 Å². The molecular formula is C15H25N4O2+. The molecule has 1 aromatic rings. The van der Waals surface area contributed by atoms with Crippen LogP contribution in [0.25, 0.3) is 0 Å². The van der Waals surface area contributed by atoms with Crippen LogP contribution in [0.15, 0.2) is 6.07 Å². The van der Waals surface area contributed by atoms with Gasteiger partial charge in [0, 0.05) is 46.3 Å². The monoisotopic (exact) mass is 293 g/mol. The Hall–Kier alpha value is -1.84. The van der Waals surface area contributed by atoms with Gasteiger partial charge in [-0.2, -0.15) is 5.26 Å². The fraction of sp³-hybridized carbons (Fsp3) is 0.600. The molecule has 3 N–H and O–H groups in total. The second kappa shape index (κ2) is 9.97. The summed E-state index contributed by atoms with van der Waals surface area (Å²) in [7, 11) is 3.38. The molecule has 0 spiro atoms. The number of pyridine rings is 1. The molecule has 0 fully saturated rings. The number of nitrogens with one attached hydrogen (secondary N) is 3. The van der Waals surface area contributed by atoms with Crippen LogP contribution in [0.3, 0.4) is 0 Å². The average molecular weight is 293 g/mol. The summed E-state index contributed by atoms with van der Waals surface area (Å²) in [6.07, 6.45) is 1.82. The number of aromatic nitrogens is 1. The van der Waals surface area contributed by atoms with E-state index in [9.17, 15) is 5.26 Å². The van der Waals surface area contributed by atoms with Gasteiger partial charge in [-0.05, 0) is 12.5 Å². The fourth-order valence-corrected chi connectivity index (χ4v) is 1.96. The molecular weight excluding hydrogens is 268 g/mol. The van der Waals surface area contributed by atoms with Crippen molar-refractivity contribution in [2.75, 3.05) is 51.2 Å². The van der Waals surface area contributed by atoms with Crippen molar-refractivity contribution in [3.8, 4) is 6.07 Å². The van der Waals surface area contributed by atoms with Gasteiger partial charge in [0.1, 0.15) is 11.6 Å². The average Bonchev–Trinajstić information content (AvgIpc) is 2.48.